The highest BCUT2D eigenvalue weighted by atomic mass is 16.3. The molecule has 0 amide bonds. The Labute approximate surface area is 196 Å². The van der Waals surface area contributed by atoms with Crippen LogP contribution in [0.1, 0.15) is 66.2 Å². The maximum absolute atomic E-state index is 11.3. The fraction of sp³-hybridized carbons (Fsp3) is 0.857. The van der Waals surface area contributed by atoms with Crippen molar-refractivity contribution in [1.29, 1.82) is 0 Å². The van der Waals surface area contributed by atoms with E-state index in [1.807, 2.05) is 0 Å². The molecule has 4 aliphatic carbocycles. The maximum Gasteiger partial charge on any atom is 0.0594 e. The Hall–Kier alpha value is -0.680. The van der Waals surface area contributed by atoms with Crippen LogP contribution < -0.4 is 0 Å². The van der Waals surface area contributed by atoms with Gasteiger partial charge in [0.2, 0.25) is 0 Å². The molecule has 0 bridgehead atoms. The van der Waals surface area contributed by atoms with Gasteiger partial charge in [-0.3, -0.25) is 0 Å². The monoisotopic (exact) mass is 444 g/mol. The van der Waals surface area contributed by atoms with Crippen molar-refractivity contribution in [3.8, 4) is 0 Å². The number of fused-ring (bicyclic) bond motifs is 4. The molecule has 2 N–H and O–H groups in total. The minimum atomic E-state index is -0.242. The largest absolute Gasteiger partial charge is 0.396 e. The first-order valence-electron chi connectivity index (χ1n) is 12.9. The molecule has 4 nitrogen and oxygen atoms in total. The lowest BCUT2D eigenvalue weighted by Gasteiger charge is -2.53. The minimum absolute atomic E-state index is 0.0942. The molecule has 4 aliphatic rings. The third-order valence-corrected chi connectivity index (χ3v) is 11.1. The molecule has 4 heteroatoms. The normalized spacial score (nSPS) is 47.3. The molecule has 2 fully saturated rings. The molecular formula is C28H48N2O2. The molecule has 0 saturated heterocycles. The highest BCUT2D eigenvalue weighted by Crippen LogP contribution is 2.68. The van der Waals surface area contributed by atoms with Crippen LogP contribution >= 0.6 is 0 Å². The highest BCUT2D eigenvalue weighted by molar-refractivity contribution is 5.38. The van der Waals surface area contributed by atoms with Crippen LogP contribution in [0.2, 0.25) is 0 Å². The van der Waals surface area contributed by atoms with E-state index in [-0.39, 0.29) is 29.0 Å². The number of aliphatic hydroxyl groups excluding tert-OH is 2. The van der Waals surface area contributed by atoms with Crippen LogP contribution in [0, 0.1) is 34.0 Å². The lowest BCUT2D eigenvalue weighted by Crippen LogP contribution is -2.52. The Kier molecular flexibility index (Phi) is 6.28. The summed E-state index contributed by atoms with van der Waals surface area (Å²) in [6.45, 7) is 9.81. The van der Waals surface area contributed by atoms with Gasteiger partial charge in [-0.15, -0.1) is 0 Å². The van der Waals surface area contributed by atoms with E-state index in [9.17, 15) is 10.2 Å². The molecule has 0 radical (unpaired) electrons. The molecule has 0 aromatic rings. The molecule has 0 spiro atoms. The molecule has 0 aromatic heterocycles. The molecule has 0 heterocycles. The van der Waals surface area contributed by atoms with Crippen LogP contribution in [0.3, 0.4) is 0 Å². The molecule has 182 valence electrons. The van der Waals surface area contributed by atoms with Crippen LogP contribution in [-0.4, -0.2) is 73.0 Å². The topological polar surface area (TPSA) is 46.9 Å². The van der Waals surface area contributed by atoms with Gasteiger partial charge < -0.3 is 20.0 Å². The summed E-state index contributed by atoms with van der Waals surface area (Å²) in [5.41, 5.74) is 3.20. The zero-order valence-electron chi connectivity index (χ0n) is 21.9. The molecule has 2 saturated carbocycles. The summed E-state index contributed by atoms with van der Waals surface area (Å²) in [4.78, 5) is 4.63. The molecule has 32 heavy (non-hydrogen) atoms. The van der Waals surface area contributed by atoms with E-state index in [2.05, 4.69) is 77.8 Å². The smallest absolute Gasteiger partial charge is 0.0594 e. The van der Waals surface area contributed by atoms with Crippen molar-refractivity contribution in [1.82, 2.24) is 9.80 Å². The van der Waals surface area contributed by atoms with E-state index in [0.717, 1.165) is 38.5 Å². The molecule has 0 aliphatic heterocycles. The van der Waals surface area contributed by atoms with E-state index in [4.69, 9.17) is 0 Å². The van der Waals surface area contributed by atoms with Crippen molar-refractivity contribution in [2.24, 2.45) is 34.0 Å². The average molecular weight is 445 g/mol. The predicted molar refractivity (Wildman–Crippen MR) is 132 cm³/mol. The third-order valence-electron chi connectivity index (χ3n) is 11.1. The summed E-state index contributed by atoms with van der Waals surface area (Å²) >= 11 is 0. The van der Waals surface area contributed by atoms with E-state index in [1.165, 1.54) is 5.57 Å². The van der Waals surface area contributed by atoms with Crippen LogP contribution in [-0.2, 0) is 0 Å². The van der Waals surface area contributed by atoms with Gasteiger partial charge in [0.1, 0.15) is 0 Å². The van der Waals surface area contributed by atoms with Gasteiger partial charge in [0.25, 0.3) is 0 Å². The van der Waals surface area contributed by atoms with E-state index < -0.39 is 0 Å². The standard InChI is InChI=1S/C28H48N2O2/c1-18(29(5)6)25-23(32)16-28(4)22-11-10-21-19(15-20(22)13-14-27(25,28)3)9-12-24(30(7)8)26(21,2)17-31/h13,15,18,21-25,31-32H,9-12,14,16-17H2,1-8H3/t18-,21+,22+,23-,24-,25-,26+,27+,28-/m0/s1. The zero-order chi connectivity index (χ0) is 23.6. The fourth-order valence-electron chi connectivity index (χ4n) is 8.93. The quantitative estimate of drug-likeness (QED) is 0.677. The summed E-state index contributed by atoms with van der Waals surface area (Å²) in [6.07, 6.45) is 11.4. The maximum atomic E-state index is 11.3. The Morgan fingerprint density at radius 3 is 2.28 bits per heavy atom. The van der Waals surface area contributed by atoms with Crippen LogP contribution in [0.4, 0.5) is 0 Å². The van der Waals surface area contributed by atoms with Crippen LogP contribution in [0.5, 0.6) is 0 Å². The van der Waals surface area contributed by atoms with E-state index in [1.54, 1.807) is 5.57 Å². The Bertz CT molecular complexity index is 788. The van der Waals surface area contributed by atoms with Crippen molar-refractivity contribution in [2.75, 3.05) is 34.8 Å². The number of hydrogen-bond donors (Lipinski definition) is 2. The SMILES string of the molecule is C[C@@H]([C@H]1[C@@H](O)C[C@@]2(C)[C@@H]3CC[C@@H]4C(=CC3=CC[C@]12C)CC[C@H](N(C)C)[C@]4(C)CO)N(C)C. The first-order valence-corrected chi connectivity index (χ1v) is 12.9. The summed E-state index contributed by atoms with van der Waals surface area (Å²) < 4.78 is 0. The second-order valence-electron chi connectivity index (χ2n) is 12.8. The van der Waals surface area contributed by atoms with Gasteiger partial charge in [-0.2, -0.15) is 0 Å². The van der Waals surface area contributed by atoms with Crippen molar-refractivity contribution >= 4 is 0 Å². The van der Waals surface area contributed by atoms with Gasteiger partial charge in [-0.1, -0.05) is 38.5 Å². The van der Waals surface area contributed by atoms with Gasteiger partial charge in [-0.25, -0.2) is 0 Å². The number of hydrogen-bond acceptors (Lipinski definition) is 4. The minimum Gasteiger partial charge on any atom is -0.396 e. The van der Waals surface area contributed by atoms with Gasteiger partial charge in [0.15, 0.2) is 0 Å². The number of nitrogens with zero attached hydrogens (tertiary/aromatic N) is 2. The Balaban J connectivity index is 1.71. The summed E-state index contributed by atoms with van der Waals surface area (Å²) in [5, 5.41) is 21.9. The average Bonchev–Trinajstić information content (AvgIpc) is 2.84. The van der Waals surface area contributed by atoms with E-state index >= 15 is 0 Å². The van der Waals surface area contributed by atoms with Crippen LogP contribution in [0.25, 0.3) is 0 Å². The van der Waals surface area contributed by atoms with Crippen LogP contribution in [0.15, 0.2) is 23.3 Å². The first kappa shape index (κ1) is 24.4. The Morgan fingerprint density at radius 1 is 1.03 bits per heavy atom. The zero-order valence-corrected chi connectivity index (χ0v) is 21.9. The number of allylic oxidation sites excluding steroid dienone is 4. The van der Waals surface area contributed by atoms with Gasteiger partial charge >= 0.3 is 0 Å². The van der Waals surface area contributed by atoms with Crippen molar-refractivity contribution in [3.63, 3.8) is 0 Å². The van der Waals surface area contributed by atoms with Crippen molar-refractivity contribution in [3.05, 3.63) is 23.3 Å². The summed E-state index contributed by atoms with van der Waals surface area (Å²) in [7, 11) is 8.64. The number of aliphatic hydroxyl groups is 2. The molecule has 0 unspecified atom stereocenters. The molecular weight excluding hydrogens is 396 g/mol. The molecule has 0 aromatic carbocycles. The highest BCUT2D eigenvalue weighted by Gasteiger charge is 2.64. The van der Waals surface area contributed by atoms with Crippen molar-refractivity contribution < 1.29 is 10.2 Å². The second-order valence-corrected chi connectivity index (χ2v) is 12.8. The van der Waals surface area contributed by atoms with Crippen molar-refractivity contribution in [2.45, 2.75) is 84.4 Å². The van der Waals surface area contributed by atoms with Gasteiger partial charge in [0, 0.05) is 23.4 Å². The lowest BCUT2D eigenvalue weighted by molar-refractivity contribution is -0.0297. The first-order chi connectivity index (χ1) is 14.9. The van der Waals surface area contributed by atoms with E-state index in [0.29, 0.717) is 29.8 Å². The Morgan fingerprint density at radius 2 is 1.69 bits per heavy atom. The molecule has 4 rings (SSSR count). The van der Waals surface area contributed by atoms with Gasteiger partial charge in [-0.05, 0) is 102 Å². The third kappa shape index (κ3) is 3.31. The summed E-state index contributed by atoms with van der Waals surface area (Å²) in [5.74, 6) is 1.23. The second kappa shape index (κ2) is 8.22. The number of rotatable bonds is 4. The fourth-order valence-corrected chi connectivity index (χ4v) is 8.93. The molecule has 9 atom stereocenters. The lowest BCUT2D eigenvalue weighted by atomic mass is 9.51. The predicted octanol–water partition coefficient (Wildman–Crippen LogP) is 4.34. The van der Waals surface area contributed by atoms with Gasteiger partial charge in [0.05, 0.1) is 12.7 Å². The summed E-state index contributed by atoms with van der Waals surface area (Å²) in [6, 6.07) is 0.778.